The van der Waals surface area contributed by atoms with Crippen LogP contribution in [0.3, 0.4) is 0 Å². The van der Waals surface area contributed by atoms with E-state index >= 15 is 0 Å². The first kappa shape index (κ1) is 16.1. The topological polar surface area (TPSA) is 0 Å². The summed E-state index contributed by atoms with van der Waals surface area (Å²) in [5, 5.41) is 0. The molecule has 0 nitrogen and oxygen atoms in total. The van der Waals surface area contributed by atoms with E-state index in [1.54, 1.807) is 11.1 Å². The Balaban J connectivity index is 0.000000636. The maximum atomic E-state index is 2.59. The molecule has 0 saturated carbocycles. The van der Waals surface area contributed by atoms with Crippen molar-refractivity contribution < 1.29 is 22.9 Å². The molecule has 21 heavy (non-hydrogen) atoms. The SMILES string of the molecule is C1=C[CH]([Hf][CH]2C=CC3=C2CCCC3)C2=C1CCCC2.[SiH3][SiH3]. The van der Waals surface area contributed by atoms with Gasteiger partial charge < -0.3 is 0 Å². The van der Waals surface area contributed by atoms with Gasteiger partial charge in [-0.25, -0.2) is 0 Å². The van der Waals surface area contributed by atoms with Crippen LogP contribution in [0.5, 0.6) is 0 Å². The van der Waals surface area contributed by atoms with Crippen molar-refractivity contribution in [1.29, 1.82) is 0 Å². The van der Waals surface area contributed by atoms with Crippen molar-refractivity contribution in [1.82, 2.24) is 0 Å². The quantitative estimate of drug-likeness (QED) is 0.535. The molecule has 0 aromatic heterocycles. The van der Waals surface area contributed by atoms with E-state index in [9.17, 15) is 0 Å². The van der Waals surface area contributed by atoms with Gasteiger partial charge in [-0.2, -0.15) is 0 Å². The Kier molecular flexibility index (Phi) is 5.91. The van der Waals surface area contributed by atoms with Crippen LogP contribution >= 0.6 is 0 Å². The largest absolute Gasteiger partial charge is 0.0125 e. The van der Waals surface area contributed by atoms with Crippen LogP contribution in [0.2, 0.25) is 7.35 Å². The van der Waals surface area contributed by atoms with Gasteiger partial charge in [-0.3, -0.25) is 0 Å². The van der Waals surface area contributed by atoms with Crippen molar-refractivity contribution in [3.8, 4) is 0 Å². The summed E-state index contributed by atoms with van der Waals surface area (Å²) in [6, 6.07) is 0. The van der Waals surface area contributed by atoms with Gasteiger partial charge in [-0.1, -0.05) is 0 Å². The molecule has 0 bridgehead atoms. The first-order valence-electron chi connectivity index (χ1n) is 8.98. The van der Waals surface area contributed by atoms with Crippen LogP contribution in [0.25, 0.3) is 0 Å². The van der Waals surface area contributed by atoms with Gasteiger partial charge in [-0.05, 0) is 19.5 Å². The predicted octanol–water partition coefficient (Wildman–Crippen LogP) is 3.16. The Morgan fingerprint density at radius 3 is 1.62 bits per heavy atom. The second-order valence-corrected chi connectivity index (χ2v) is 12.0. The molecule has 0 N–H and O–H groups in total. The maximum Gasteiger partial charge on any atom is -0.0125 e. The minimum atomic E-state index is -0.620. The fourth-order valence-electron chi connectivity index (χ4n) is 4.16. The molecule has 0 heterocycles. The van der Waals surface area contributed by atoms with Crippen LogP contribution in [0.15, 0.2) is 46.6 Å². The summed E-state index contributed by atoms with van der Waals surface area (Å²) in [7, 11) is 2.89. The first-order valence-corrected chi connectivity index (χ1v) is 21.1. The molecule has 0 aromatic rings. The fraction of sp³-hybridized carbons (Fsp3) is 0.556. The Morgan fingerprint density at radius 1 is 0.714 bits per heavy atom. The van der Waals surface area contributed by atoms with E-state index in [0.717, 1.165) is 7.35 Å². The summed E-state index contributed by atoms with van der Waals surface area (Å²) in [6.07, 6.45) is 21.5. The molecule has 2 unspecified atom stereocenters. The van der Waals surface area contributed by atoms with Crippen LogP contribution in [0, 0.1) is 0 Å². The summed E-state index contributed by atoms with van der Waals surface area (Å²) in [5.74, 6) is 0. The molecule has 0 fully saturated rings. The van der Waals surface area contributed by atoms with Crippen LogP contribution in [0.1, 0.15) is 51.4 Å². The van der Waals surface area contributed by atoms with Gasteiger partial charge in [0, 0.05) is 0 Å². The molecular formula is C18H28HfSi2. The van der Waals surface area contributed by atoms with E-state index in [1.165, 1.54) is 70.9 Å². The molecule has 0 saturated heterocycles. The van der Waals surface area contributed by atoms with Gasteiger partial charge in [-0.15, -0.1) is 0 Å². The second kappa shape index (κ2) is 7.69. The number of hydrogen-bond acceptors (Lipinski definition) is 0. The minimum absolute atomic E-state index is 0.620. The average molecular weight is 479 g/mol. The zero-order chi connectivity index (χ0) is 14.7. The van der Waals surface area contributed by atoms with E-state index in [4.69, 9.17) is 0 Å². The number of rotatable bonds is 2. The van der Waals surface area contributed by atoms with Gasteiger partial charge >= 0.3 is 128 Å². The van der Waals surface area contributed by atoms with Crippen molar-refractivity contribution in [2.24, 2.45) is 0 Å². The molecule has 112 valence electrons. The summed E-state index contributed by atoms with van der Waals surface area (Å²) >= 11 is -0.620. The molecular weight excluding hydrogens is 451 g/mol. The predicted molar refractivity (Wildman–Crippen MR) is 96.6 cm³/mol. The zero-order valence-electron chi connectivity index (χ0n) is 13.6. The Bertz CT molecular complexity index is 467. The Labute approximate surface area is 147 Å². The minimum Gasteiger partial charge on any atom is -0.0125 e. The van der Waals surface area contributed by atoms with Crippen molar-refractivity contribution in [2.45, 2.75) is 58.7 Å². The molecule has 0 aromatic carbocycles. The standard InChI is InChI=1S/2C9H11.Hf.H6Si2/c2*1-2-5-9-7-3-6-8(9)4-1;;1-2/h2*3,6-7H,1-2,4-5H2;;1-2H3. The average Bonchev–Trinajstić information content (AvgIpc) is 3.15. The van der Waals surface area contributed by atoms with Crippen molar-refractivity contribution in [2.75, 3.05) is 0 Å². The van der Waals surface area contributed by atoms with E-state index < -0.39 is 22.9 Å². The third kappa shape index (κ3) is 3.45. The number of allylic oxidation sites excluding steroid dienone is 8. The zero-order valence-corrected chi connectivity index (χ0v) is 21.2. The summed E-state index contributed by atoms with van der Waals surface area (Å²) in [4.78, 5) is 0. The summed E-state index contributed by atoms with van der Waals surface area (Å²) < 4.78 is 1.91. The van der Waals surface area contributed by atoms with E-state index in [1.807, 2.05) is 11.1 Å². The van der Waals surface area contributed by atoms with Crippen LogP contribution in [-0.2, 0) is 22.9 Å². The van der Waals surface area contributed by atoms with Crippen LogP contribution in [-0.4, -0.2) is 19.5 Å². The van der Waals surface area contributed by atoms with Gasteiger partial charge in [0.1, 0.15) is 0 Å². The smallest absolute Gasteiger partial charge is 0.0125 e. The molecule has 3 heteroatoms. The number of hydrogen-bond donors (Lipinski definition) is 0. The van der Waals surface area contributed by atoms with Gasteiger partial charge in [0.25, 0.3) is 0 Å². The molecule has 4 aliphatic rings. The summed E-state index contributed by atoms with van der Waals surface area (Å²) in [6.45, 7) is 0. The third-order valence-electron chi connectivity index (χ3n) is 5.20. The van der Waals surface area contributed by atoms with Gasteiger partial charge in [0.2, 0.25) is 0 Å². The van der Waals surface area contributed by atoms with Gasteiger partial charge in [0.15, 0.2) is 0 Å². The molecule has 0 aliphatic heterocycles. The van der Waals surface area contributed by atoms with E-state index in [-0.39, 0.29) is 0 Å². The second-order valence-electron chi connectivity index (χ2n) is 6.36. The molecule has 0 spiro atoms. The van der Waals surface area contributed by atoms with Crippen LogP contribution < -0.4 is 0 Å². The molecule has 0 radical (unpaired) electrons. The molecule has 0 amide bonds. The monoisotopic (exact) mass is 480 g/mol. The van der Waals surface area contributed by atoms with Crippen molar-refractivity contribution in [3.63, 3.8) is 0 Å². The van der Waals surface area contributed by atoms with Gasteiger partial charge in [0.05, 0.1) is 0 Å². The fourth-order valence-corrected chi connectivity index (χ4v) is 10.9. The van der Waals surface area contributed by atoms with Crippen LogP contribution in [0.4, 0.5) is 0 Å². The Hall–Kier alpha value is 0.264. The Morgan fingerprint density at radius 2 is 1.14 bits per heavy atom. The third-order valence-corrected chi connectivity index (χ3v) is 11.7. The van der Waals surface area contributed by atoms with E-state index in [2.05, 4.69) is 24.3 Å². The molecule has 4 aliphatic carbocycles. The maximum absolute atomic E-state index is 2.59. The first-order chi connectivity index (χ1) is 10.4. The normalized spacial score (nSPS) is 30.3. The van der Waals surface area contributed by atoms with E-state index in [0.29, 0.717) is 0 Å². The van der Waals surface area contributed by atoms with Crippen molar-refractivity contribution >= 4 is 19.5 Å². The van der Waals surface area contributed by atoms with Crippen molar-refractivity contribution in [3.05, 3.63) is 46.6 Å². The molecule has 2 atom stereocenters. The summed E-state index contributed by atoms with van der Waals surface area (Å²) in [5.41, 5.74) is 7.24. The molecule has 4 rings (SSSR count).